The largest absolute Gasteiger partial charge is 0.494 e. The van der Waals surface area contributed by atoms with Crippen molar-refractivity contribution in [3.05, 3.63) is 90.5 Å². The summed E-state index contributed by atoms with van der Waals surface area (Å²) in [5.41, 5.74) is 6.47. The predicted molar refractivity (Wildman–Crippen MR) is 116 cm³/mol. The summed E-state index contributed by atoms with van der Waals surface area (Å²) in [5.74, 6) is 0.238. The average Bonchev–Trinajstić information content (AvgIpc) is 2.79. The molecule has 0 fully saturated rings. The molecule has 1 N–H and O–H groups in total. The molecule has 0 atom stereocenters. The lowest BCUT2D eigenvalue weighted by atomic mass is 10.0. The van der Waals surface area contributed by atoms with Crippen molar-refractivity contribution in [3.8, 4) is 17.0 Å². The first-order valence-electron chi connectivity index (χ1n) is 9.33. The Morgan fingerprint density at radius 3 is 2.17 bits per heavy atom. The van der Waals surface area contributed by atoms with E-state index in [-0.39, 0.29) is 5.91 Å². The maximum absolute atomic E-state index is 13.7. The van der Waals surface area contributed by atoms with Gasteiger partial charge in [0.1, 0.15) is 5.69 Å². The number of anilines is 1. The van der Waals surface area contributed by atoms with Crippen LogP contribution in [-0.2, 0) is 0 Å². The molecular weight excluding hydrogens is 362 g/mol. The number of methoxy groups -OCH3 is 1. The highest BCUT2D eigenvalue weighted by Crippen LogP contribution is 2.37. The fourth-order valence-electron chi connectivity index (χ4n) is 3.43. The minimum Gasteiger partial charge on any atom is -0.494 e. The molecule has 29 heavy (non-hydrogen) atoms. The Kier molecular flexibility index (Phi) is 5.22. The van der Waals surface area contributed by atoms with Gasteiger partial charge in [0.15, 0.2) is 5.75 Å². The van der Waals surface area contributed by atoms with E-state index < -0.39 is 0 Å². The van der Waals surface area contributed by atoms with Crippen LogP contribution in [0.15, 0.2) is 84.9 Å². The van der Waals surface area contributed by atoms with Gasteiger partial charge in [0.05, 0.1) is 23.9 Å². The number of fused-ring (bicyclic) bond motifs is 1. The van der Waals surface area contributed by atoms with Gasteiger partial charge in [0.25, 0.3) is 5.91 Å². The summed E-state index contributed by atoms with van der Waals surface area (Å²) in [6.45, 7) is 0. The summed E-state index contributed by atoms with van der Waals surface area (Å²) in [5, 5.41) is 2.25. The zero-order chi connectivity index (χ0) is 20.2. The Morgan fingerprint density at radius 1 is 0.897 bits per heavy atom. The third-order valence-electron chi connectivity index (χ3n) is 4.75. The first-order valence-corrected chi connectivity index (χ1v) is 9.33. The molecule has 0 radical (unpaired) electrons. The van der Waals surface area contributed by atoms with E-state index in [0.29, 0.717) is 17.0 Å². The Balaban J connectivity index is 1.98. The maximum Gasteiger partial charge on any atom is 0.277 e. The molecule has 1 aromatic heterocycles. The van der Waals surface area contributed by atoms with Crippen LogP contribution in [0.25, 0.3) is 22.2 Å². The number of pyridine rings is 1. The van der Waals surface area contributed by atoms with Gasteiger partial charge in [0, 0.05) is 18.0 Å². The number of ether oxygens (including phenoxy) is 1. The van der Waals surface area contributed by atoms with Crippen LogP contribution in [0.4, 0.5) is 5.69 Å². The lowest BCUT2D eigenvalue weighted by molar-refractivity contribution is 0.0975. The van der Waals surface area contributed by atoms with E-state index in [9.17, 15) is 4.79 Å². The summed E-state index contributed by atoms with van der Waals surface area (Å²) >= 11 is 0. The second-order valence-corrected chi connectivity index (χ2v) is 6.45. The Labute approximate surface area is 169 Å². The van der Waals surface area contributed by atoms with Crippen LogP contribution >= 0.6 is 0 Å². The van der Waals surface area contributed by atoms with E-state index >= 15 is 0 Å². The fraction of sp³-hybridized carbons (Fsp3) is 0.0833. The smallest absolute Gasteiger partial charge is 0.277 e. The van der Waals surface area contributed by atoms with Crippen molar-refractivity contribution < 1.29 is 9.53 Å². The van der Waals surface area contributed by atoms with Crippen LogP contribution in [0.5, 0.6) is 5.75 Å². The van der Waals surface area contributed by atoms with Gasteiger partial charge < -0.3 is 4.74 Å². The number of hydrogen-bond donors (Lipinski definition) is 1. The molecule has 4 aromatic rings. The van der Waals surface area contributed by atoms with Gasteiger partial charge in [-0.2, -0.15) is 0 Å². The van der Waals surface area contributed by atoms with Gasteiger partial charge >= 0.3 is 0 Å². The number of hydrazine groups is 1. The number of amides is 1. The minimum atomic E-state index is -0.216. The number of carbonyl (C=O) groups is 1. The van der Waals surface area contributed by atoms with Crippen molar-refractivity contribution in [2.24, 2.45) is 0 Å². The normalized spacial score (nSPS) is 10.7. The number of rotatable bonds is 5. The number of aromatic nitrogens is 1. The van der Waals surface area contributed by atoms with E-state index in [1.807, 2.05) is 84.9 Å². The molecule has 3 aromatic carbocycles. The van der Waals surface area contributed by atoms with Crippen molar-refractivity contribution >= 4 is 22.5 Å². The molecule has 4 rings (SSSR count). The maximum atomic E-state index is 13.7. The molecule has 0 unspecified atom stereocenters. The number of carbonyl (C=O) groups excluding carboxylic acids is 1. The number of para-hydroxylation sites is 2. The van der Waals surface area contributed by atoms with Gasteiger partial charge in [-0.15, -0.1) is 0 Å². The summed E-state index contributed by atoms with van der Waals surface area (Å²) in [6, 6.07) is 26.8. The molecule has 0 saturated carbocycles. The SMILES string of the molecule is CNN(C(=O)c1c(OC)c(-c2ccccc2)nc2ccccc12)c1ccccc1. The topological polar surface area (TPSA) is 54.5 Å². The van der Waals surface area contributed by atoms with Crippen molar-refractivity contribution in [1.29, 1.82) is 0 Å². The van der Waals surface area contributed by atoms with Crippen molar-refractivity contribution in [1.82, 2.24) is 10.4 Å². The van der Waals surface area contributed by atoms with Gasteiger partial charge in [0.2, 0.25) is 0 Å². The van der Waals surface area contributed by atoms with Gasteiger partial charge in [-0.25, -0.2) is 15.4 Å². The lowest BCUT2D eigenvalue weighted by Gasteiger charge is -2.24. The van der Waals surface area contributed by atoms with Crippen LogP contribution in [0.1, 0.15) is 10.4 Å². The van der Waals surface area contributed by atoms with Gasteiger partial charge in [-0.3, -0.25) is 4.79 Å². The van der Waals surface area contributed by atoms with E-state index in [4.69, 9.17) is 9.72 Å². The molecular formula is C24H21N3O2. The highest BCUT2D eigenvalue weighted by atomic mass is 16.5. The molecule has 0 saturated heterocycles. The van der Waals surface area contributed by atoms with Crippen molar-refractivity contribution in [2.45, 2.75) is 0 Å². The first-order chi connectivity index (χ1) is 14.2. The summed E-state index contributed by atoms with van der Waals surface area (Å²) < 4.78 is 5.75. The molecule has 1 amide bonds. The molecule has 0 aliphatic heterocycles. The van der Waals surface area contributed by atoms with E-state index in [1.54, 1.807) is 14.2 Å². The van der Waals surface area contributed by atoms with Crippen LogP contribution in [0, 0.1) is 0 Å². The Morgan fingerprint density at radius 2 is 1.52 bits per heavy atom. The van der Waals surface area contributed by atoms with Crippen molar-refractivity contribution in [2.75, 3.05) is 19.2 Å². The molecule has 5 heteroatoms. The number of nitrogens with one attached hydrogen (secondary N) is 1. The minimum absolute atomic E-state index is 0.216. The monoisotopic (exact) mass is 383 g/mol. The third-order valence-corrected chi connectivity index (χ3v) is 4.75. The second kappa shape index (κ2) is 8.12. The third kappa shape index (κ3) is 3.44. The van der Waals surface area contributed by atoms with Crippen molar-refractivity contribution in [3.63, 3.8) is 0 Å². The Bertz CT molecular complexity index is 1140. The lowest BCUT2D eigenvalue weighted by Crippen LogP contribution is -2.41. The first kappa shape index (κ1) is 18.7. The molecule has 144 valence electrons. The Hall–Kier alpha value is -3.70. The predicted octanol–water partition coefficient (Wildman–Crippen LogP) is 4.69. The van der Waals surface area contributed by atoms with Crippen LogP contribution < -0.4 is 15.2 Å². The van der Waals surface area contributed by atoms with Gasteiger partial charge in [-0.1, -0.05) is 66.7 Å². The van der Waals surface area contributed by atoms with Crippen LogP contribution in [0.2, 0.25) is 0 Å². The molecule has 5 nitrogen and oxygen atoms in total. The zero-order valence-electron chi connectivity index (χ0n) is 16.3. The average molecular weight is 383 g/mol. The second-order valence-electron chi connectivity index (χ2n) is 6.45. The summed E-state index contributed by atoms with van der Waals surface area (Å²) in [7, 11) is 3.29. The standard InChI is InChI=1S/C24H21N3O2/c1-25-27(18-13-7-4-8-14-18)24(28)21-19-15-9-10-16-20(19)26-22(23(21)29-2)17-11-5-3-6-12-17/h3-16,25H,1-2H3. The van der Waals surface area contributed by atoms with E-state index in [0.717, 1.165) is 22.2 Å². The highest BCUT2D eigenvalue weighted by molar-refractivity contribution is 6.16. The summed E-state index contributed by atoms with van der Waals surface area (Å²) in [6.07, 6.45) is 0. The zero-order valence-corrected chi connectivity index (χ0v) is 16.3. The molecule has 0 spiro atoms. The quantitative estimate of drug-likeness (QED) is 0.508. The fourth-order valence-corrected chi connectivity index (χ4v) is 3.43. The number of nitrogens with zero attached hydrogens (tertiary/aromatic N) is 2. The summed E-state index contributed by atoms with van der Waals surface area (Å²) in [4.78, 5) is 18.5. The molecule has 1 heterocycles. The van der Waals surface area contributed by atoms with E-state index in [2.05, 4.69) is 5.43 Å². The number of hydrogen-bond acceptors (Lipinski definition) is 4. The van der Waals surface area contributed by atoms with E-state index in [1.165, 1.54) is 5.01 Å². The molecule has 0 aliphatic carbocycles. The van der Waals surface area contributed by atoms with Gasteiger partial charge in [-0.05, 0) is 18.2 Å². The number of benzene rings is 3. The van der Waals surface area contributed by atoms with Crippen LogP contribution in [0.3, 0.4) is 0 Å². The molecule has 0 bridgehead atoms. The van der Waals surface area contributed by atoms with Crippen LogP contribution in [-0.4, -0.2) is 25.0 Å². The molecule has 0 aliphatic rings. The highest BCUT2D eigenvalue weighted by Gasteiger charge is 2.26.